The molecule has 1 heterocycles. The van der Waals surface area contributed by atoms with Crippen LogP contribution in [0.2, 0.25) is 5.02 Å². The molecule has 2 aromatic rings. The molecule has 94 valence electrons. The second kappa shape index (κ2) is 4.32. The Bertz CT molecular complexity index is 601. The number of benzene rings is 1. The summed E-state index contributed by atoms with van der Waals surface area (Å²) in [6.45, 7) is 2.03. The number of aryl methyl sites for hydroxylation is 1. The van der Waals surface area contributed by atoms with Crippen molar-refractivity contribution in [3.8, 4) is 5.69 Å². The molecule has 1 aromatic carbocycles. The lowest BCUT2D eigenvalue weighted by Gasteiger charge is -2.14. The first-order valence-corrected chi connectivity index (χ1v) is 6.67. The third-order valence-corrected chi connectivity index (χ3v) is 3.85. The fourth-order valence-corrected chi connectivity index (χ4v) is 2.93. The quantitative estimate of drug-likeness (QED) is 0.856. The van der Waals surface area contributed by atoms with E-state index in [-0.39, 0.29) is 0 Å². The number of nitrogens with zero attached hydrogens (tertiary/aromatic N) is 2. The highest BCUT2D eigenvalue weighted by molar-refractivity contribution is 6.32. The van der Waals surface area contributed by atoms with Crippen LogP contribution in [0.4, 0.5) is 5.82 Å². The molecular weight excluding hydrogens is 246 g/mol. The zero-order valence-electron chi connectivity index (χ0n) is 10.4. The zero-order chi connectivity index (χ0) is 12.7. The van der Waals surface area contributed by atoms with Crippen LogP contribution in [0.1, 0.15) is 29.7 Å². The number of rotatable bonds is 1. The van der Waals surface area contributed by atoms with Crippen LogP contribution in [0.25, 0.3) is 5.69 Å². The van der Waals surface area contributed by atoms with E-state index in [1.54, 1.807) is 0 Å². The largest absolute Gasteiger partial charge is 0.382 e. The first-order valence-electron chi connectivity index (χ1n) is 6.29. The number of nitrogen functional groups attached to an aromatic ring is 1. The van der Waals surface area contributed by atoms with Gasteiger partial charge in [-0.2, -0.15) is 5.10 Å². The Kier molecular flexibility index (Phi) is 2.78. The van der Waals surface area contributed by atoms with Gasteiger partial charge in [0.25, 0.3) is 0 Å². The summed E-state index contributed by atoms with van der Waals surface area (Å²) >= 11 is 6.31. The molecule has 0 saturated heterocycles. The van der Waals surface area contributed by atoms with E-state index in [9.17, 15) is 0 Å². The van der Waals surface area contributed by atoms with Gasteiger partial charge in [0.2, 0.25) is 0 Å². The zero-order valence-corrected chi connectivity index (χ0v) is 11.2. The van der Waals surface area contributed by atoms with Gasteiger partial charge in [0, 0.05) is 11.3 Å². The topological polar surface area (TPSA) is 43.8 Å². The number of fused-ring (bicyclic) bond motifs is 1. The molecule has 0 unspecified atom stereocenters. The first-order chi connectivity index (χ1) is 8.66. The van der Waals surface area contributed by atoms with Crippen molar-refractivity contribution in [3.05, 3.63) is 40.0 Å². The Labute approximate surface area is 112 Å². The summed E-state index contributed by atoms with van der Waals surface area (Å²) in [6.07, 6.45) is 4.46. The second-order valence-corrected chi connectivity index (χ2v) is 5.29. The van der Waals surface area contributed by atoms with Crippen molar-refractivity contribution >= 4 is 17.4 Å². The molecule has 0 radical (unpaired) electrons. The molecule has 0 saturated carbocycles. The van der Waals surface area contributed by atoms with E-state index in [1.165, 1.54) is 24.1 Å². The number of hydrogen-bond donors (Lipinski definition) is 1. The predicted molar refractivity (Wildman–Crippen MR) is 74.4 cm³/mol. The summed E-state index contributed by atoms with van der Waals surface area (Å²) in [5.74, 6) is 0.654. The Morgan fingerprint density at radius 2 is 2.06 bits per heavy atom. The van der Waals surface area contributed by atoms with Gasteiger partial charge in [-0.25, -0.2) is 4.68 Å². The van der Waals surface area contributed by atoms with Crippen molar-refractivity contribution in [1.29, 1.82) is 0 Å². The third-order valence-electron chi connectivity index (χ3n) is 3.54. The molecule has 18 heavy (non-hydrogen) atoms. The summed E-state index contributed by atoms with van der Waals surface area (Å²) in [6, 6.07) is 6.03. The van der Waals surface area contributed by atoms with Crippen LogP contribution in [0.5, 0.6) is 0 Å². The summed E-state index contributed by atoms with van der Waals surface area (Å²) in [5.41, 5.74) is 10.5. The van der Waals surface area contributed by atoms with E-state index in [2.05, 4.69) is 5.10 Å². The minimum Gasteiger partial charge on any atom is -0.382 e. The number of anilines is 1. The van der Waals surface area contributed by atoms with Crippen LogP contribution in [-0.2, 0) is 12.8 Å². The van der Waals surface area contributed by atoms with E-state index in [0.29, 0.717) is 5.82 Å². The molecule has 0 bridgehead atoms. The Morgan fingerprint density at radius 3 is 2.83 bits per heavy atom. The molecule has 3 nitrogen and oxygen atoms in total. The minimum absolute atomic E-state index is 0.654. The molecule has 3 rings (SSSR count). The molecule has 0 spiro atoms. The molecule has 0 atom stereocenters. The maximum Gasteiger partial charge on any atom is 0.149 e. The summed E-state index contributed by atoms with van der Waals surface area (Å²) < 4.78 is 1.92. The van der Waals surface area contributed by atoms with Gasteiger partial charge in [-0.15, -0.1) is 0 Å². The number of hydrogen-bond acceptors (Lipinski definition) is 2. The van der Waals surface area contributed by atoms with Gasteiger partial charge in [-0.3, -0.25) is 0 Å². The van der Waals surface area contributed by atoms with Crippen LogP contribution < -0.4 is 5.73 Å². The fourth-order valence-electron chi connectivity index (χ4n) is 2.61. The Hall–Kier alpha value is -1.48. The Balaban J connectivity index is 2.17. The lowest BCUT2D eigenvalue weighted by atomic mass is 9.97. The van der Waals surface area contributed by atoms with Crippen molar-refractivity contribution in [2.24, 2.45) is 0 Å². The second-order valence-electron chi connectivity index (χ2n) is 4.88. The van der Waals surface area contributed by atoms with Gasteiger partial charge < -0.3 is 5.73 Å². The first kappa shape index (κ1) is 11.6. The highest BCUT2D eigenvalue weighted by Gasteiger charge is 2.20. The van der Waals surface area contributed by atoms with E-state index >= 15 is 0 Å². The smallest absolute Gasteiger partial charge is 0.149 e. The van der Waals surface area contributed by atoms with Crippen molar-refractivity contribution < 1.29 is 0 Å². The average molecular weight is 262 g/mol. The Morgan fingerprint density at radius 1 is 1.28 bits per heavy atom. The normalized spacial score (nSPS) is 14.6. The van der Waals surface area contributed by atoms with Crippen LogP contribution in [-0.4, -0.2) is 9.78 Å². The molecular formula is C14H16ClN3. The molecule has 1 aromatic heterocycles. The van der Waals surface area contributed by atoms with Crippen LogP contribution in [0, 0.1) is 6.92 Å². The number of halogens is 1. The SMILES string of the molecule is Cc1ccc(-n2nc(N)c3c2CCCC3)c(Cl)c1. The van der Waals surface area contributed by atoms with Crippen molar-refractivity contribution in [1.82, 2.24) is 9.78 Å². The van der Waals surface area contributed by atoms with Crippen molar-refractivity contribution in [2.75, 3.05) is 5.73 Å². The van der Waals surface area contributed by atoms with Gasteiger partial charge in [0.15, 0.2) is 0 Å². The van der Waals surface area contributed by atoms with Crippen LogP contribution in [0.3, 0.4) is 0 Å². The lowest BCUT2D eigenvalue weighted by Crippen LogP contribution is -2.08. The molecule has 0 fully saturated rings. The highest BCUT2D eigenvalue weighted by Crippen LogP contribution is 2.30. The fraction of sp³-hybridized carbons (Fsp3) is 0.357. The lowest BCUT2D eigenvalue weighted by molar-refractivity contribution is 0.653. The summed E-state index contributed by atoms with van der Waals surface area (Å²) in [5, 5.41) is 5.19. The molecule has 1 aliphatic rings. The summed E-state index contributed by atoms with van der Waals surface area (Å²) in [7, 11) is 0. The van der Waals surface area contributed by atoms with Gasteiger partial charge >= 0.3 is 0 Å². The standard InChI is InChI=1S/C14H16ClN3/c1-9-6-7-13(11(15)8-9)18-12-5-3-2-4-10(12)14(16)17-18/h6-8H,2-5H2,1H3,(H2,16,17). The number of aromatic nitrogens is 2. The maximum atomic E-state index is 6.31. The molecule has 2 N–H and O–H groups in total. The predicted octanol–water partition coefficient (Wildman–Crippen LogP) is 3.30. The molecule has 0 amide bonds. The van der Waals surface area contributed by atoms with E-state index < -0.39 is 0 Å². The summed E-state index contributed by atoms with van der Waals surface area (Å²) in [4.78, 5) is 0. The van der Waals surface area contributed by atoms with E-state index in [0.717, 1.165) is 29.1 Å². The maximum absolute atomic E-state index is 6.31. The van der Waals surface area contributed by atoms with Crippen LogP contribution >= 0.6 is 11.6 Å². The minimum atomic E-state index is 0.654. The monoisotopic (exact) mass is 261 g/mol. The van der Waals surface area contributed by atoms with Gasteiger partial charge in [0.1, 0.15) is 5.82 Å². The molecule has 1 aliphatic carbocycles. The molecule has 0 aliphatic heterocycles. The van der Waals surface area contributed by atoms with Gasteiger partial charge in [-0.1, -0.05) is 17.7 Å². The van der Waals surface area contributed by atoms with Gasteiger partial charge in [0.05, 0.1) is 10.7 Å². The van der Waals surface area contributed by atoms with Crippen molar-refractivity contribution in [3.63, 3.8) is 0 Å². The molecule has 4 heteroatoms. The average Bonchev–Trinajstić information content (AvgIpc) is 2.68. The third kappa shape index (κ3) is 1.79. The van der Waals surface area contributed by atoms with Gasteiger partial charge in [-0.05, 0) is 50.3 Å². The highest BCUT2D eigenvalue weighted by atomic mass is 35.5. The van der Waals surface area contributed by atoms with E-state index in [4.69, 9.17) is 17.3 Å². The van der Waals surface area contributed by atoms with Crippen molar-refractivity contribution in [2.45, 2.75) is 32.6 Å². The van der Waals surface area contributed by atoms with E-state index in [1.807, 2.05) is 29.8 Å². The number of nitrogens with two attached hydrogens (primary N) is 1. The van der Waals surface area contributed by atoms with Crippen LogP contribution in [0.15, 0.2) is 18.2 Å².